The Morgan fingerprint density at radius 1 is 0.978 bits per heavy atom. The molecule has 14 heteroatoms. The third-order valence-electron chi connectivity index (χ3n) is 9.63. The second kappa shape index (κ2) is 12.7. The van der Waals surface area contributed by atoms with Gasteiger partial charge in [0.15, 0.2) is 0 Å². The van der Waals surface area contributed by atoms with Crippen molar-refractivity contribution in [3.8, 4) is 0 Å². The van der Waals surface area contributed by atoms with Crippen LogP contribution in [0.1, 0.15) is 61.0 Å². The van der Waals surface area contributed by atoms with Gasteiger partial charge in [-0.05, 0) is 27.7 Å². The Hall–Kier alpha value is -3.39. The molecule has 2 heterocycles. The number of nitrogens with zero attached hydrogens (tertiary/aromatic N) is 3. The van der Waals surface area contributed by atoms with Crippen molar-refractivity contribution < 1.29 is 37.1 Å². The van der Waals surface area contributed by atoms with Crippen LogP contribution in [0.3, 0.4) is 0 Å². The van der Waals surface area contributed by atoms with Crippen molar-refractivity contribution in [1.82, 2.24) is 24.1 Å². The van der Waals surface area contributed by atoms with E-state index in [1.807, 2.05) is 47.6 Å². The van der Waals surface area contributed by atoms with Gasteiger partial charge in [-0.3, -0.25) is 4.79 Å². The summed E-state index contributed by atoms with van der Waals surface area (Å²) in [7, 11) is -2.90. The van der Waals surface area contributed by atoms with Crippen LogP contribution >= 0.6 is 0 Å². The number of hydrogen-bond donors (Lipinski definition) is 2. The van der Waals surface area contributed by atoms with Crippen LogP contribution in [0.25, 0.3) is 0 Å². The molecule has 4 amide bonds. The monoisotopic (exact) mass is 663 g/mol. The summed E-state index contributed by atoms with van der Waals surface area (Å²) in [5.74, 6) is -0.694. The van der Waals surface area contributed by atoms with Crippen LogP contribution in [0.4, 0.5) is 9.59 Å². The molecule has 2 aliphatic heterocycles. The van der Waals surface area contributed by atoms with Crippen LogP contribution < -0.4 is 10.6 Å². The van der Waals surface area contributed by atoms with Gasteiger partial charge in [-0.2, -0.15) is 17.0 Å². The zero-order valence-electron chi connectivity index (χ0n) is 28.3. The second-order valence-electron chi connectivity index (χ2n) is 15.2. The van der Waals surface area contributed by atoms with E-state index in [0.29, 0.717) is 10.8 Å². The number of rotatable bonds is 8. The molecule has 0 unspecified atom stereocenters. The lowest BCUT2D eigenvalue weighted by atomic mass is 9.85. The van der Waals surface area contributed by atoms with E-state index in [0.717, 1.165) is 9.87 Å². The number of carbonyl (C=O) groups is 4. The standard InChI is InChI=1S/C32H49N5O8S/c1-30(2,3)22(18-35-15-16-37(46(35,42)43)29(41)45-19-20-13-11-10-12-14-20)33-28(40)34-25(31(4,5)6)26(38)36-17-21-23(32(21,7)8)24(36)27(39)44-9/h10-14,21-25H,15-19H2,1-9H3,(H2,33,34,40)/t21-,22+,23-,24-,25+/m0/s1. The Balaban J connectivity index is 1.43. The number of ether oxygens (including phenoxy) is 2. The lowest BCUT2D eigenvalue weighted by Crippen LogP contribution is -2.61. The molecule has 2 N–H and O–H groups in total. The maximum atomic E-state index is 14.0. The number of amides is 4. The van der Waals surface area contributed by atoms with Crippen LogP contribution in [0, 0.1) is 28.1 Å². The molecule has 1 aromatic rings. The Kier molecular flexibility index (Phi) is 9.76. The molecular formula is C32H49N5O8S. The molecular weight excluding hydrogens is 614 g/mol. The van der Waals surface area contributed by atoms with Crippen molar-refractivity contribution in [1.29, 1.82) is 0 Å². The number of nitrogens with one attached hydrogen (secondary N) is 2. The predicted molar refractivity (Wildman–Crippen MR) is 170 cm³/mol. The Labute approximate surface area is 272 Å². The zero-order chi connectivity index (χ0) is 34.4. The number of hydrogen-bond acceptors (Lipinski definition) is 8. The third-order valence-corrected chi connectivity index (χ3v) is 11.5. The minimum absolute atomic E-state index is 0.0128. The number of piperidine rings is 1. The van der Waals surface area contributed by atoms with Crippen molar-refractivity contribution in [2.75, 3.05) is 33.3 Å². The van der Waals surface area contributed by atoms with Gasteiger partial charge in [0.25, 0.3) is 0 Å². The summed E-state index contributed by atoms with van der Waals surface area (Å²) >= 11 is 0. The fourth-order valence-corrected chi connectivity index (χ4v) is 8.01. The molecule has 0 spiro atoms. The molecule has 1 aliphatic carbocycles. The summed E-state index contributed by atoms with van der Waals surface area (Å²) in [5, 5.41) is 5.71. The molecule has 0 bridgehead atoms. The van der Waals surface area contributed by atoms with Gasteiger partial charge in [0, 0.05) is 31.6 Å². The Morgan fingerprint density at radius 3 is 2.17 bits per heavy atom. The first-order valence-electron chi connectivity index (χ1n) is 15.6. The maximum Gasteiger partial charge on any atom is 0.424 e. The molecule has 3 fully saturated rings. The highest BCUT2D eigenvalue weighted by Gasteiger charge is 2.70. The quantitative estimate of drug-likeness (QED) is 0.403. The highest BCUT2D eigenvalue weighted by atomic mass is 32.2. The van der Waals surface area contributed by atoms with Crippen molar-refractivity contribution >= 4 is 34.2 Å². The van der Waals surface area contributed by atoms with E-state index in [1.54, 1.807) is 24.3 Å². The first kappa shape index (κ1) is 35.5. The summed E-state index contributed by atoms with van der Waals surface area (Å²) in [6, 6.07) is 5.90. The van der Waals surface area contributed by atoms with Gasteiger partial charge in [0.1, 0.15) is 18.7 Å². The average molecular weight is 664 g/mol. The van der Waals surface area contributed by atoms with Crippen molar-refractivity contribution in [3.63, 3.8) is 0 Å². The van der Waals surface area contributed by atoms with Crippen LogP contribution in [-0.2, 0) is 35.9 Å². The van der Waals surface area contributed by atoms with E-state index in [2.05, 4.69) is 24.5 Å². The first-order chi connectivity index (χ1) is 21.2. The van der Waals surface area contributed by atoms with E-state index in [4.69, 9.17) is 9.47 Å². The summed E-state index contributed by atoms with van der Waals surface area (Å²) in [5.41, 5.74) is -0.673. The number of esters is 1. The second-order valence-corrected chi connectivity index (χ2v) is 17.1. The topological polar surface area (TPSA) is 155 Å². The largest absolute Gasteiger partial charge is 0.467 e. The normalized spacial score (nSPS) is 24.8. The van der Waals surface area contributed by atoms with Crippen LogP contribution in [-0.4, -0.2) is 97.3 Å². The van der Waals surface area contributed by atoms with Crippen LogP contribution in [0.15, 0.2) is 30.3 Å². The highest BCUT2D eigenvalue weighted by molar-refractivity contribution is 7.87. The summed E-state index contributed by atoms with van der Waals surface area (Å²) in [6.07, 6.45) is -0.968. The number of benzene rings is 1. The van der Waals surface area contributed by atoms with E-state index >= 15 is 0 Å². The predicted octanol–water partition coefficient (Wildman–Crippen LogP) is 2.97. The fraction of sp³-hybridized carbons (Fsp3) is 0.688. The van der Waals surface area contributed by atoms with Gasteiger partial charge in [-0.15, -0.1) is 0 Å². The van der Waals surface area contributed by atoms with Gasteiger partial charge in [0.2, 0.25) is 5.91 Å². The lowest BCUT2D eigenvalue weighted by Gasteiger charge is -2.38. The van der Waals surface area contributed by atoms with Gasteiger partial charge in [-0.25, -0.2) is 14.4 Å². The van der Waals surface area contributed by atoms with E-state index in [9.17, 15) is 27.6 Å². The summed E-state index contributed by atoms with van der Waals surface area (Å²) < 4.78 is 38.9. The number of fused-ring (bicyclic) bond motifs is 1. The number of urea groups is 1. The first-order valence-corrected chi connectivity index (χ1v) is 17.0. The Bertz CT molecular complexity index is 1440. The summed E-state index contributed by atoms with van der Waals surface area (Å²) in [4.78, 5) is 54.5. The van der Waals surface area contributed by atoms with Gasteiger partial charge < -0.3 is 25.0 Å². The maximum absolute atomic E-state index is 14.0. The third kappa shape index (κ3) is 7.12. The molecule has 3 aliphatic rings. The molecule has 2 saturated heterocycles. The van der Waals surface area contributed by atoms with Gasteiger partial charge in [-0.1, -0.05) is 85.7 Å². The highest BCUT2D eigenvalue weighted by Crippen LogP contribution is 2.65. The molecule has 0 radical (unpaired) electrons. The van der Waals surface area contributed by atoms with Crippen LogP contribution in [0.2, 0.25) is 0 Å². The molecule has 5 atom stereocenters. The van der Waals surface area contributed by atoms with Crippen LogP contribution in [0.5, 0.6) is 0 Å². The molecule has 4 rings (SSSR count). The van der Waals surface area contributed by atoms with Gasteiger partial charge in [0.05, 0.1) is 13.7 Å². The van der Waals surface area contributed by atoms with E-state index in [-0.39, 0.29) is 49.4 Å². The SMILES string of the molecule is COC(=O)[C@@H]1[C@@H]2[C@H](CN1C(=O)[C@@H](NC(=O)N[C@H](CN1CCN(C(=O)OCc3ccccc3)S1(=O)=O)C(C)(C)C)C(C)(C)C)C2(C)C. The van der Waals surface area contributed by atoms with Crippen molar-refractivity contribution in [2.24, 2.45) is 28.1 Å². The van der Waals surface area contributed by atoms with Gasteiger partial charge >= 0.3 is 28.3 Å². The van der Waals surface area contributed by atoms with Crippen molar-refractivity contribution in [2.45, 2.75) is 80.1 Å². The lowest BCUT2D eigenvalue weighted by molar-refractivity contribution is -0.154. The number of likely N-dealkylation sites (tertiary alicyclic amines) is 1. The summed E-state index contributed by atoms with van der Waals surface area (Å²) in [6.45, 7) is 15.4. The average Bonchev–Trinajstić information content (AvgIpc) is 3.24. The fourth-order valence-electron chi connectivity index (χ4n) is 6.52. The van der Waals surface area contributed by atoms with Crippen molar-refractivity contribution in [3.05, 3.63) is 35.9 Å². The number of carbonyl (C=O) groups excluding carboxylic acids is 4. The Morgan fingerprint density at radius 2 is 1.61 bits per heavy atom. The van der Waals surface area contributed by atoms with E-state index < -0.39 is 57.3 Å². The molecule has 1 saturated carbocycles. The molecule has 0 aromatic heterocycles. The minimum Gasteiger partial charge on any atom is -0.467 e. The molecule has 1 aromatic carbocycles. The molecule has 13 nitrogen and oxygen atoms in total. The molecule has 46 heavy (non-hydrogen) atoms. The zero-order valence-corrected chi connectivity index (χ0v) is 29.1. The molecule has 256 valence electrons. The van der Waals surface area contributed by atoms with E-state index in [1.165, 1.54) is 12.0 Å². The number of methoxy groups -OCH3 is 1. The smallest absolute Gasteiger partial charge is 0.424 e. The minimum atomic E-state index is -4.21.